The highest BCUT2D eigenvalue weighted by atomic mass is 16.4. The molecule has 0 aromatic heterocycles. The molecule has 0 spiro atoms. The molecule has 3 nitrogen and oxygen atoms in total. The van der Waals surface area contributed by atoms with Gasteiger partial charge in [0.15, 0.2) is 0 Å². The van der Waals surface area contributed by atoms with E-state index in [1.165, 1.54) is 25.7 Å². The highest BCUT2D eigenvalue weighted by molar-refractivity contribution is 5.79. The quantitative estimate of drug-likeness (QED) is 0.749. The summed E-state index contributed by atoms with van der Waals surface area (Å²) in [6, 6.07) is 0. The predicted octanol–water partition coefficient (Wildman–Crippen LogP) is 2.16. The van der Waals surface area contributed by atoms with Gasteiger partial charge in [0.25, 0.3) is 0 Å². The monoisotopic (exact) mass is 211 g/mol. The first-order valence-electron chi connectivity index (χ1n) is 6.21. The Hall–Kier alpha value is -0.570. The van der Waals surface area contributed by atoms with E-state index in [1.54, 1.807) is 0 Å². The van der Waals surface area contributed by atoms with Crippen LogP contribution in [0, 0.1) is 5.92 Å². The number of carbonyl (C=O) groups is 1. The lowest BCUT2D eigenvalue weighted by molar-refractivity contribution is -0.144. The number of hydrogen-bond acceptors (Lipinski definition) is 2. The first kappa shape index (κ1) is 10.9. The highest BCUT2D eigenvalue weighted by Crippen LogP contribution is 2.31. The van der Waals surface area contributed by atoms with Crippen molar-refractivity contribution in [3.8, 4) is 0 Å². The summed E-state index contributed by atoms with van der Waals surface area (Å²) in [6.45, 7) is 0.909. The molecule has 2 fully saturated rings. The van der Waals surface area contributed by atoms with Gasteiger partial charge in [-0.1, -0.05) is 25.7 Å². The van der Waals surface area contributed by atoms with Gasteiger partial charge in [0, 0.05) is 0 Å². The molecule has 2 rings (SSSR count). The zero-order chi connectivity index (χ0) is 10.7. The molecule has 0 amide bonds. The van der Waals surface area contributed by atoms with Crippen molar-refractivity contribution in [3.63, 3.8) is 0 Å². The first-order valence-corrected chi connectivity index (χ1v) is 6.21. The Morgan fingerprint density at radius 3 is 2.33 bits per heavy atom. The molecular weight excluding hydrogens is 190 g/mol. The summed E-state index contributed by atoms with van der Waals surface area (Å²) in [5.74, 6) is 0.0832. The first-order chi connectivity index (χ1) is 7.23. The summed E-state index contributed by atoms with van der Waals surface area (Å²) in [5.41, 5.74) is -0.581. The molecule has 0 aliphatic heterocycles. The molecule has 86 valence electrons. The van der Waals surface area contributed by atoms with E-state index < -0.39 is 11.5 Å². The molecule has 0 aromatic rings. The van der Waals surface area contributed by atoms with Crippen LogP contribution in [0.2, 0.25) is 0 Å². The van der Waals surface area contributed by atoms with Crippen LogP contribution >= 0.6 is 0 Å². The van der Waals surface area contributed by atoms with Crippen LogP contribution in [0.25, 0.3) is 0 Å². The van der Waals surface area contributed by atoms with Crippen molar-refractivity contribution in [2.24, 2.45) is 5.92 Å². The summed E-state index contributed by atoms with van der Waals surface area (Å²) in [7, 11) is 0. The molecular formula is C12H21NO2. The predicted molar refractivity (Wildman–Crippen MR) is 58.8 cm³/mol. The summed E-state index contributed by atoms with van der Waals surface area (Å²) < 4.78 is 0. The standard InChI is InChI=1S/C12H21NO2/c14-11(15)12(7-3-4-8-12)13-9-10-5-1-2-6-10/h10,13H,1-9H2,(H,14,15). The molecule has 0 aromatic carbocycles. The second-order valence-corrected chi connectivity index (χ2v) is 5.13. The zero-order valence-corrected chi connectivity index (χ0v) is 9.30. The summed E-state index contributed by atoms with van der Waals surface area (Å²) in [4.78, 5) is 11.3. The van der Waals surface area contributed by atoms with Gasteiger partial charge < -0.3 is 10.4 Å². The maximum absolute atomic E-state index is 11.3. The van der Waals surface area contributed by atoms with Crippen molar-refractivity contribution in [2.75, 3.05) is 6.54 Å². The van der Waals surface area contributed by atoms with Gasteiger partial charge in [0.05, 0.1) is 0 Å². The summed E-state index contributed by atoms with van der Waals surface area (Å²) >= 11 is 0. The van der Waals surface area contributed by atoms with Crippen LogP contribution < -0.4 is 5.32 Å². The molecule has 0 atom stereocenters. The largest absolute Gasteiger partial charge is 0.480 e. The minimum Gasteiger partial charge on any atom is -0.480 e. The lowest BCUT2D eigenvalue weighted by Gasteiger charge is -2.27. The molecule has 15 heavy (non-hydrogen) atoms. The maximum atomic E-state index is 11.3. The van der Waals surface area contributed by atoms with Crippen molar-refractivity contribution in [1.82, 2.24) is 5.32 Å². The van der Waals surface area contributed by atoms with E-state index in [2.05, 4.69) is 5.32 Å². The van der Waals surface area contributed by atoms with E-state index in [-0.39, 0.29) is 0 Å². The fraction of sp³-hybridized carbons (Fsp3) is 0.917. The Labute approximate surface area is 91.2 Å². The van der Waals surface area contributed by atoms with E-state index in [4.69, 9.17) is 0 Å². The van der Waals surface area contributed by atoms with Gasteiger partial charge in [-0.3, -0.25) is 4.79 Å². The molecule has 2 aliphatic carbocycles. The van der Waals surface area contributed by atoms with E-state index in [1.807, 2.05) is 0 Å². The number of hydrogen-bond donors (Lipinski definition) is 2. The molecule has 0 radical (unpaired) electrons. The maximum Gasteiger partial charge on any atom is 0.323 e. The van der Waals surface area contributed by atoms with Crippen LogP contribution in [0.1, 0.15) is 51.4 Å². The van der Waals surface area contributed by atoms with Crippen LogP contribution in [0.4, 0.5) is 0 Å². The third kappa shape index (κ3) is 2.33. The van der Waals surface area contributed by atoms with Gasteiger partial charge in [-0.05, 0) is 38.1 Å². The van der Waals surface area contributed by atoms with Crippen LogP contribution in [-0.4, -0.2) is 23.2 Å². The van der Waals surface area contributed by atoms with Crippen LogP contribution in [0.15, 0.2) is 0 Å². The average molecular weight is 211 g/mol. The molecule has 2 aliphatic rings. The van der Waals surface area contributed by atoms with Crippen molar-refractivity contribution in [2.45, 2.75) is 56.9 Å². The minimum atomic E-state index is -0.641. The fourth-order valence-electron chi connectivity index (χ4n) is 3.00. The third-order valence-corrected chi connectivity index (χ3v) is 4.07. The Bertz CT molecular complexity index is 228. The smallest absolute Gasteiger partial charge is 0.323 e. The van der Waals surface area contributed by atoms with Crippen LogP contribution in [0.3, 0.4) is 0 Å². The molecule has 0 heterocycles. The minimum absolute atomic E-state index is 0.581. The number of carboxylic acids is 1. The lowest BCUT2D eigenvalue weighted by atomic mass is 9.96. The number of aliphatic carboxylic acids is 1. The lowest BCUT2D eigenvalue weighted by Crippen LogP contribution is -2.51. The molecule has 2 N–H and O–H groups in total. The SMILES string of the molecule is O=C(O)C1(NCC2CCCC2)CCCC1. The van der Waals surface area contributed by atoms with E-state index >= 15 is 0 Å². The van der Waals surface area contributed by atoms with Crippen molar-refractivity contribution in [3.05, 3.63) is 0 Å². The second kappa shape index (κ2) is 4.52. The Kier molecular flexibility index (Phi) is 3.29. The summed E-state index contributed by atoms with van der Waals surface area (Å²) in [5, 5.41) is 12.6. The van der Waals surface area contributed by atoms with Crippen molar-refractivity contribution >= 4 is 5.97 Å². The molecule has 3 heteroatoms. The van der Waals surface area contributed by atoms with Gasteiger partial charge in [0.2, 0.25) is 0 Å². The van der Waals surface area contributed by atoms with Gasteiger partial charge >= 0.3 is 5.97 Å². The highest BCUT2D eigenvalue weighted by Gasteiger charge is 2.41. The van der Waals surface area contributed by atoms with Gasteiger partial charge in [-0.2, -0.15) is 0 Å². The number of rotatable bonds is 4. The van der Waals surface area contributed by atoms with Crippen molar-refractivity contribution < 1.29 is 9.90 Å². The number of carboxylic acid groups (broad SMARTS) is 1. The molecule has 0 bridgehead atoms. The van der Waals surface area contributed by atoms with E-state index in [9.17, 15) is 9.90 Å². The normalized spacial score (nSPS) is 25.9. The van der Waals surface area contributed by atoms with Crippen molar-refractivity contribution in [1.29, 1.82) is 0 Å². The van der Waals surface area contributed by atoms with E-state index in [0.29, 0.717) is 0 Å². The summed E-state index contributed by atoms with van der Waals surface area (Å²) in [6.07, 6.45) is 8.96. The van der Waals surface area contributed by atoms with Crippen LogP contribution in [-0.2, 0) is 4.79 Å². The van der Waals surface area contributed by atoms with Gasteiger partial charge in [-0.15, -0.1) is 0 Å². The Morgan fingerprint density at radius 1 is 1.20 bits per heavy atom. The fourth-order valence-corrected chi connectivity index (χ4v) is 3.00. The average Bonchev–Trinajstić information content (AvgIpc) is 2.87. The van der Waals surface area contributed by atoms with Gasteiger partial charge in [0.1, 0.15) is 5.54 Å². The van der Waals surface area contributed by atoms with Crippen LogP contribution in [0.5, 0.6) is 0 Å². The third-order valence-electron chi connectivity index (χ3n) is 4.07. The zero-order valence-electron chi connectivity index (χ0n) is 9.30. The van der Waals surface area contributed by atoms with Gasteiger partial charge in [-0.25, -0.2) is 0 Å². The Morgan fingerprint density at radius 2 is 1.80 bits per heavy atom. The van der Waals surface area contributed by atoms with E-state index in [0.717, 1.165) is 38.1 Å². The topological polar surface area (TPSA) is 49.3 Å². The number of nitrogens with one attached hydrogen (secondary N) is 1. The Balaban J connectivity index is 1.86. The molecule has 0 unspecified atom stereocenters. The second-order valence-electron chi connectivity index (χ2n) is 5.13. The molecule has 0 saturated heterocycles. The molecule has 2 saturated carbocycles.